The maximum Gasteiger partial charge on any atom is 0.258 e. The lowest BCUT2D eigenvalue weighted by Crippen LogP contribution is -2.48. The number of carbonyl (C=O) groups is 4. The van der Waals surface area contributed by atoms with Gasteiger partial charge in [-0.2, -0.15) is 0 Å². The van der Waals surface area contributed by atoms with Crippen LogP contribution < -0.4 is 15.5 Å². The molecule has 0 aromatic carbocycles. The molecule has 2 unspecified atom stereocenters. The molecule has 3 heterocycles. The van der Waals surface area contributed by atoms with Gasteiger partial charge in [-0.05, 0) is 18.6 Å². The van der Waals surface area contributed by atoms with E-state index >= 15 is 0 Å². The van der Waals surface area contributed by atoms with E-state index in [9.17, 15) is 19.2 Å². The summed E-state index contributed by atoms with van der Waals surface area (Å²) in [6, 6.07) is 3.34. The molecule has 2 atom stereocenters. The summed E-state index contributed by atoms with van der Waals surface area (Å²) in [6.07, 6.45) is 2.05. The van der Waals surface area contributed by atoms with Crippen molar-refractivity contribution in [2.75, 3.05) is 4.90 Å². The van der Waals surface area contributed by atoms with Crippen LogP contribution in [0.25, 0.3) is 0 Å². The maximum absolute atomic E-state index is 12.3. The van der Waals surface area contributed by atoms with Gasteiger partial charge in [-0.15, -0.1) is 0 Å². The van der Waals surface area contributed by atoms with E-state index < -0.39 is 29.8 Å². The van der Waals surface area contributed by atoms with Crippen molar-refractivity contribution in [3.8, 4) is 0 Å². The molecule has 2 fully saturated rings. The lowest BCUT2D eigenvalue weighted by Gasteiger charge is -2.16. The number of anilines is 1. The van der Waals surface area contributed by atoms with E-state index in [4.69, 9.17) is 0 Å². The number of aromatic nitrogens is 1. The summed E-state index contributed by atoms with van der Waals surface area (Å²) in [5, 5.41) is 5.05. The van der Waals surface area contributed by atoms with Crippen LogP contribution in [0.15, 0.2) is 24.4 Å². The Labute approximate surface area is 125 Å². The minimum absolute atomic E-state index is 0.109. The van der Waals surface area contributed by atoms with Gasteiger partial charge in [0.25, 0.3) is 5.91 Å². The van der Waals surface area contributed by atoms with E-state index in [1.54, 1.807) is 18.2 Å². The van der Waals surface area contributed by atoms with Crippen LogP contribution in [0.4, 0.5) is 5.82 Å². The number of imide groups is 1. The Balaban J connectivity index is 1.69. The predicted octanol–water partition coefficient (Wildman–Crippen LogP) is -0.892. The molecule has 8 heteroatoms. The van der Waals surface area contributed by atoms with Gasteiger partial charge in [0.05, 0.1) is 6.42 Å². The van der Waals surface area contributed by atoms with Crippen LogP contribution in [-0.2, 0) is 19.2 Å². The minimum Gasteiger partial charge on any atom is -0.344 e. The Morgan fingerprint density at radius 2 is 2.14 bits per heavy atom. The summed E-state index contributed by atoms with van der Waals surface area (Å²) in [4.78, 5) is 52.4. The van der Waals surface area contributed by atoms with Crippen LogP contribution in [0, 0.1) is 0 Å². The number of carbonyl (C=O) groups excluding carboxylic acids is 4. The number of hydrogen-bond acceptors (Lipinski definition) is 5. The quantitative estimate of drug-likeness (QED) is 0.704. The molecule has 8 nitrogen and oxygen atoms in total. The maximum atomic E-state index is 12.3. The Hall–Kier alpha value is -2.77. The largest absolute Gasteiger partial charge is 0.344 e. The van der Waals surface area contributed by atoms with Crippen molar-refractivity contribution in [3.05, 3.63) is 24.4 Å². The lowest BCUT2D eigenvalue weighted by atomic mass is 10.2. The number of nitrogens with one attached hydrogen (secondary N) is 2. The highest BCUT2D eigenvalue weighted by Crippen LogP contribution is 2.20. The summed E-state index contributed by atoms with van der Waals surface area (Å²) in [5.41, 5.74) is 0. The number of hydrogen-bond donors (Lipinski definition) is 2. The molecule has 1 aromatic heterocycles. The fourth-order valence-corrected chi connectivity index (χ4v) is 2.55. The monoisotopic (exact) mass is 302 g/mol. The lowest BCUT2D eigenvalue weighted by molar-refractivity contribution is -0.128. The van der Waals surface area contributed by atoms with Gasteiger partial charge in [-0.3, -0.25) is 19.2 Å². The van der Waals surface area contributed by atoms with Crippen molar-refractivity contribution in [2.45, 2.75) is 31.3 Å². The van der Waals surface area contributed by atoms with Crippen LogP contribution >= 0.6 is 0 Å². The molecule has 0 spiro atoms. The molecular weight excluding hydrogens is 288 g/mol. The molecule has 0 aliphatic carbocycles. The SMILES string of the molecule is O=C1CCC(C(=O)NC2CC(=O)N(c3ccccn3)C2=O)N1. The molecule has 22 heavy (non-hydrogen) atoms. The number of nitrogens with zero attached hydrogens (tertiary/aromatic N) is 2. The van der Waals surface area contributed by atoms with Gasteiger partial charge < -0.3 is 10.6 Å². The standard InChI is InChI=1S/C14H14N4O4/c19-11-5-4-8(16-11)13(21)17-9-7-12(20)18(14(9)22)10-3-1-2-6-15-10/h1-3,6,8-9H,4-5,7H2,(H,16,19)(H,17,21). The molecule has 2 aliphatic rings. The van der Waals surface area contributed by atoms with Gasteiger partial charge in [0, 0.05) is 12.6 Å². The summed E-state index contributed by atoms with van der Waals surface area (Å²) < 4.78 is 0. The first kappa shape index (κ1) is 14.2. The van der Waals surface area contributed by atoms with Crippen molar-refractivity contribution in [1.82, 2.24) is 15.6 Å². The first-order chi connectivity index (χ1) is 10.6. The second-order valence-electron chi connectivity index (χ2n) is 5.18. The van der Waals surface area contributed by atoms with Crippen molar-refractivity contribution >= 4 is 29.4 Å². The molecule has 0 bridgehead atoms. The minimum atomic E-state index is -0.917. The van der Waals surface area contributed by atoms with Crippen molar-refractivity contribution in [3.63, 3.8) is 0 Å². The van der Waals surface area contributed by atoms with Crippen molar-refractivity contribution < 1.29 is 19.2 Å². The summed E-state index contributed by atoms with van der Waals surface area (Å²) in [6.45, 7) is 0. The number of pyridine rings is 1. The highest BCUT2D eigenvalue weighted by molar-refractivity contribution is 6.22. The highest BCUT2D eigenvalue weighted by Gasteiger charge is 2.42. The highest BCUT2D eigenvalue weighted by atomic mass is 16.2. The normalized spacial score (nSPS) is 24.5. The van der Waals surface area contributed by atoms with Crippen LogP contribution in [0.3, 0.4) is 0 Å². The van der Waals surface area contributed by atoms with E-state index in [2.05, 4.69) is 15.6 Å². The van der Waals surface area contributed by atoms with Crippen LogP contribution in [0.5, 0.6) is 0 Å². The molecule has 2 saturated heterocycles. The van der Waals surface area contributed by atoms with Gasteiger partial charge in [-0.1, -0.05) is 6.07 Å². The fourth-order valence-electron chi connectivity index (χ4n) is 2.55. The molecule has 1 aromatic rings. The van der Waals surface area contributed by atoms with Crippen LogP contribution in [0.2, 0.25) is 0 Å². The Kier molecular flexibility index (Phi) is 3.58. The Bertz CT molecular complexity index is 646. The van der Waals surface area contributed by atoms with E-state index in [-0.39, 0.29) is 24.6 Å². The predicted molar refractivity (Wildman–Crippen MR) is 74.4 cm³/mol. The van der Waals surface area contributed by atoms with Crippen molar-refractivity contribution in [2.24, 2.45) is 0 Å². The summed E-state index contributed by atoms with van der Waals surface area (Å²) in [5.74, 6) is -1.32. The second kappa shape index (κ2) is 5.55. The third kappa shape index (κ3) is 2.54. The molecule has 0 radical (unpaired) electrons. The zero-order valence-electron chi connectivity index (χ0n) is 11.6. The summed E-state index contributed by atoms with van der Waals surface area (Å²) in [7, 11) is 0. The topological polar surface area (TPSA) is 108 Å². The first-order valence-corrected chi connectivity index (χ1v) is 6.94. The average Bonchev–Trinajstić information content (AvgIpc) is 3.05. The van der Waals surface area contributed by atoms with Crippen LogP contribution in [-0.4, -0.2) is 40.7 Å². The van der Waals surface area contributed by atoms with E-state index in [0.717, 1.165) is 4.90 Å². The molecule has 2 aliphatic heterocycles. The smallest absolute Gasteiger partial charge is 0.258 e. The first-order valence-electron chi connectivity index (χ1n) is 6.94. The zero-order chi connectivity index (χ0) is 15.7. The van der Waals surface area contributed by atoms with E-state index in [1.165, 1.54) is 6.20 Å². The Morgan fingerprint density at radius 3 is 2.77 bits per heavy atom. The van der Waals surface area contributed by atoms with Gasteiger partial charge in [0.2, 0.25) is 17.7 Å². The molecular formula is C14H14N4O4. The third-order valence-electron chi connectivity index (χ3n) is 3.65. The average molecular weight is 302 g/mol. The number of amides is 4. The Morgan fingerprint density at radius 1 is 1.32 bits per heavy atom. The number of rotatable bonds is 3. The fraction of sp³-hybridized carbons (Fsp3) is 0.357. The van der Waals surface area contributed by atoms with Gasteiger partial charge in [0.15, 0.2) is 0 Å². The molecule has 2 N–H and O–H groups in total. The molecule has 0 saturated carbocycles. The van der Waals surface area contributed by atoms with Gasteiger partial charge in [-0.25, -0.2) is 9.88 Å². The second-order valence-corrected chi connectivity index (χ2v) is 5.18. The van der Waals surface area contributed by atoms with Gasteiger partial charge >= 0.3 is 0 Å². The molecule has 114 valence electrons. The molecule has 4 amide bonds. The zero-order valence-corrected chi connectivity index (χ0v) is 11.6. The van der Waals surface area contributed by atoms with E-state index in [1.807, 2.05) is 0 Å². The molecule has 3 rings (SSSR count). The summed E-state index contributed by atoms with van der Waals surface area (Å²) >= 11 is 0. The van der Waals surface area contributed by atoms with Crippen molar-refractivity contribution in [1.29, 1.82) is 0 Å². The van der Waals surface area contributed by atoms with Gasteiger partial charge in [0.1, 0.15) is 17.9 Å². The van der Waals surface area contributed by atoms with Crippen LogP contribution in [0.1, 0.15) is 19.3 Å². The third-order valence-corrected chi connectivity index (χ3v) is 3.65. The van der Waals surface area contributed by atoms with E-state index in [0.29, 0.717) is 6.42 Å².